The number of rotatable bonds is 10. The van der Waals surface area contributed by atoms with Gasteiger partial charge in [-0.15, -0.1) is 0 Å². The molecule has 34 heavy (non-hydrogen) atoms. The maximum atomic E-state index is 11.5. The monoisotopic (exact) mass is 602 g/mol. The van der Waals surface area contributed by atoms with E-state index in [2.05, 4.69) is 31.9 Å². The second-order valence-corrected chi connectivity index (χ2v) is 9.05. The van der Waals surface area contributed by atoms with Crippen LogP contribution < -0.4 is 9.78 Å². The van der Waals surface area contributed by atoms with Crippen molar-refractivity contribution in [2.75, 3.05) is 38.9 Å². The van der Waals surface area contributed by atoms with E-state index in [9.17, 15) is 9.90 Å². The van der Waals surface area contributed by atoms with Gasteiger partial charge in [0.2, 0.25) is 0 Å². The first-order chi connectivity index (χ1) is 16.0. The molecule has 2 rings (SSSR count). The van der Waals surface area contributed by atoms with Gasteiger partial charge < -0.3 is 5.11 Å². The number of Topliss-reactive ketones (excluding diaryl/α,β-unsaturated/α-hetero) is 1. The van der Waals surface area contributed by atoms with Gasteiger partial charge in [0.25, 0.3) is 0 Å². The molecule has 186 valence electrons. The average molecular weight is 604 g/mol. The minimum absolute atomic E-state index is 0.00939. The fraction of sp³-hybridized carbons (Fsp3) is 0.375. The van der Waals surface area contributed by atoms with Gasteiger partial charge in [0.15, 0.2) is 17.3 Å². The van der Waals surface area contributed by atoms with Crippen LogP contribution in [0.1, 0.15) is 33.2 Å². The number of alkyl halides is 2. The topological polar surface area (TPSA) is 80.2 Å². The Kier molecular flexibility index (Phi) is 13.5. The molecule has 8 nitrogen and oxygen atoms in total. The lowest BCUT2D eigenvalue weighted by Gasteiger charge is -2.10. The summed E-state index contributed by atoms with van der Waals surface area (Å²) in [7, 11) is 7.30. The molecular formula is C24H32Br2N2O6+2. The molecular weight excluding hydrogens is 572 g/mol. The molecule has 1 atom stereocenters. The highest BCUT2D eigenvalue weighted by Crippen LogP contribution is 2.23. The standard InChI is InChI=1S/C12H17BrNO3.C12H15BrNO3/c2*1-9-4-10(12(15)7-13)6-11(5-9)17-16-8-14(2)3/h4-6,8,12,15H,7H2,1-3H3;4-6,8H,7H2,1-3H3/q2*+1/t12-;/m0./s1. The third-order valence-electron chi connectivity index (χ3n) is 3.89. The predicted molar refractivity (Wildman–Crippen MR) is 139 cm³/mol. The third kappa shape index (κ3) is 11.6. The number of hydrogen-bond acceptors (Lipinski definition) is 6. The molecule has 0 saturated heterocycles. The van der Waals surface area contributed by atoms with Crippen LogP contribution in [0.15, 0.2) is 36.4 Å². The highest BCUT2D eigenvalue weighted by molar-refractivity contribution is 9.09. The van der Waals surface area contributed by atoms with Crippen LogP contribution in [-0.2, 0) is 9.78 Å². The molecule has 0 unspecified atom stereocenters. The lowest BCUT2D eigenvalue weighted by atomic mass is 10.1. The van der Waals surface area contributed by atoms with Gasteiger partial charge in [0.1, 0.15) is 28.2 Å². The number of hydrogen-bond donors (Lipinski definition) is 1. The summed E-state index contributed by atoms with van der Waals surface area (Å²) in [6, 6.07) is 10.8. The zero-order chi connectivity index (χ0) is 25.7. The molecule has 0 aliphatic heterocycles. The number of benzene rings is 2. The lowest BCUT2D eigenvalue weighted by Crippen LogP contribution is -2.06. The normalized spacial score (nSPS) is 10.7. The molecule has 0 saturated carbocycles. The molecule has 0 aromatic heterocycles. The minimum Gasteiger partial charge on any atom is -0.388 e. The molecule has 0 aliphatic rings. The largest absolute Gasteiger partial charge is 0.388 e. The lowest BCUT2D eigenvalue weighted by molar-refractivity contribution is -0.475. The number of nitrogens with zero attached hydrogens (tertiary/aromatic N) is 2. The van der Waals surface area contributed by atoms with Crippen LogP contribution in [0, 0.1) is 13.8 Å². The Morgan fingerprint density at radius 1 is 0.882 bits per heavy atom. The van der Waals surface area contributed by atoms with Gasteiger partial charge in [-0.25, -0.2) is 18.9 Å². The van der Waals surface area contributed by atoms with Crippen molar-refractivity contribution in [3.8, 4) is 11.5 Å². The highest BCUT2D eigenvalue weighted by atomic mass is 79.9. The van der Waals surface area contributed by atoms with Crippen LogP contribution in [0.25, 0.3) is 0 Å². The highest BCUT2D eigenvalue weighted by Gasteiger charge is 2.09. The number of carbonyl (C=O) groups excluding carboxylic acids is 1. The van der Waals surface area contributed by atoms with Crippen molar-refractivity contribution >= 4 is 50.4 Å². The summed E-state index contributed by atoms with van der Waals surface area (Å²) in [6.45, 7) is 3.83. The first kappa shape index (κ1) is 29.6. The van der Waals surface area contributed by atoms with E-state index in [1.165, 1.54) is 12.8 Å². The Labute approximate surface area is 217 Å². The Morgan fingerprint density at radius 3 is 1.85 bits per heavy atom. The first-order valence-electron chi connectivity index (χ1n) is 10.3. The van der Waals surface area contributed by atoms with E-state index >= 15 is 0 Å². The van der Waals surface area contributed by atoms with Crippen molar-refractivity contribution in [2.24, 2.45) is 0 Å². The summed E-state index contributed by atoms with van der Waals surface area (Å²) in [6.07, 6.45) is 2.33. The first-order valence-corrected chi connectivity index (χ1v) is 12.5. The van der Waals surface area contributed by atoms with Gasteiger partial charge in [-0.2, -0.15) is 0 Å². The van der Waals surface area contributed by atoms with Crippen LogP contribution >= 0.6 is 31.9 Å². The molecule has 1 N–H and O–H groups in total. The second kappa shape index (κ2) is 15.5. The number of aryl methyl sites for hydroxylation is 2. The maximum absolute atomic E-state index is 11.5. The molecule has 0 spiro atoms. The quantitative estimate of drug-likeness (QED) is 0.0833. The molecule has 0 radical (unpaired) electrons. The van der Waals surface area contributed by atoms with E-state index in [0.717, 1.165) is 16.7 Å². The van der Waals surface area contributed by atoms with Gasteiger partial charge in [0.05, 0.1) is 11.4 Å². The second-order valence-electron chi connectivity index (χ2n) is 7.84. The molecule has 0 fully saturated rings. The summed E-state index contributed by atoms with van der Waals surface area (Å²) in [5.41, 5.74) is 3.35. The van der Waals surface area contributed by atoms with E-state index < -0.39 is 6.10 Å². The number of aliphatic hydroxyl groups excluding tert-OH is 1. The van der Waals surface area contributed by atoms with Crippen molar-refractivity contribution in [2.45, 2.75) is 20.0 Å². The molecule has 0 amide bonds. The molecule has 0 heterocycles. The van der Waals surface area contributed by atoms with E-state index in [1.54, 1.807) is 27.4 Å². The van der Waals surface area contributed by atoms with E-state index in [1.807, 2.05) is 60.2 Å². The summed E-state index contributed by atoms with van der Waals surface area (Å²) in [5.74, 6) is 1.08. The van der Waals surface area contributed by atoms with Crippen molar-refractivity contribution < 1.29 is 38.6 Å². The average Bonchev–Trinajstić information content (AvgIpc) is 2.77. The van der Waals surface area contributed by atoms with Crippen molar-refractivity contribution in [1.29, 1.82) is 0 Å². The Morgan fingerprint density at radius 2 is 1.38 bits per heavy atom. The fourth-order valence-corrected chi connectivity index (χ4v) is 3.16. The molecule has 0 aliphatic carbocycles. The zero-order valence-electron chi connectivity index (χ0n) is 20.2. The minimum atomic E-state index is -0.546. The molecule has 2 aromatic carbocycles. The summed E-state index contributed by atoms with van der Waals surface area (Å²) in [4.78, 5) is 31.5. The van der Waals surface area contributed by atoms with Gasteiger partial charge >= 0.3 is 12.8 Å². The number of aliphatic hydroxyl groups is 1. The van der Waals surface area contributed by atoms with Gasteiger partial charge in [-0.1, -0.05) is 37.9 Å². The van der Waals surface area contributed by atoms with Gasteiger partial charge in [-0.05, 0) is 60.9 Å². The molecule has 0 bridgehead atoms. The third-order valence-corrected chi connectivity index (χ3v) is 5.02. The summed E-state index contributed by atoms with van der Waals surface area (Å²) >= 11 is 6.38. The SMILES string of the molecule is Cc1cc(OOC=[N+](C)C)cc(C(=O)CBr)c1.Cc1cc(OOC=[N+](C)C)cc([C@@H](O)CBr)c1. The van der Waals surface area contributed by atoms with Crippen molar-refractivity contribution in [3.63, 3.8) is 0 Å². The van der Waals surface area contributed by atoms with Crippen LogP contribution in [0.3, 0.4) is 0 Å². The van der Waals surface area contributed by atoms with Crippen molar-refractivity contribution in [3.05, 3.63) is 58.7 Å². The van der Waals surface area contributed by atoms with Crippen LogP contribution in [0.2, 0.25) is 0 Å². The van der Waals surface area contributed by atoms with Crippen LogP contribution in [0.4, 0.5) is 0 Å². The van der Waals surface area contributed by atoms with Gasteiger partial charge in [0, 0.05) is 10.9 Å². The number of ketones is 1. The number of carbonyl (C=O) groups is 1. The Hall–Kier alpha value is -2.43. The fourth-order valence-electron chi connectivity index (χ4n) is 2.47. The zero-order valence-corrected chi connectivity index (χ0v) is 23.4. The molecule has 2 aromatic rings. The van der Waals surface area contributed by atoms with E-state index in [-0.39, 0.29) is 5.78 Å². The van der Waals surface area contributed by atoms with Crippen molar-refractivity contribution in [1.82, 2.24) is 0 Å². The smallest absolute Gasteiger partial charge is 0.369 e. The maximum Gasteiger partial charge on any atom is 0.369 e. The van der Waals surface area contributed by atoms with Crippen LogP contribution in [-0.4, -0.2) is 71.7 Å². The summed E-state index contributed by atoms with van der Waals surface area (Å²) in [5, 5.41) is 10.5. The molecule has 10 heteroatoms. The Bertz CT molecular complexity index is 1000. The number of halogens is 2. The Balaban J connectivity index is 0.000000340. The van der Waals surface area contributed by atoms with E-state index in [0.29, 0.717) is 27.7 Å². The van der Waals surface area contributed by atoms with E-state index in [4.69, 9.17) is 19.6 Å². The van der Waals surface area contributed by atoms with Gasteiger partial charge in [-0.3, -0.25) is 14.6 Å². The predicted octanol–water partition coefficient (Wildman–Crippen LogP) is 4.22. The summed E-state index contributed by atoms with van der Waals surface area (Å²) < 4.78 is 3.43. The van der Waals surface area contributed by atoms with Crippen LogP contribution in [0.5, 0.6) is 11.5 Å².